The number of carbonyl (C=O) groups excluding carboxylic acids is 1. The van der Waals surface area contributed by atoms with E-state index in [0.717, 1.165) is 0 Å². The molecule has 0 spiro atoms. The molecule has 4 heterocycles. The fourth-order valence-electron chi connectivity index (χ4n) is 5.32. The maximum Gasteiger partial charge on any atom is 0.411 e. The van der Waals surface area contributed by atoms with Gasteiger partial charge in [-0.2, -0.15) is 18.4 Å². The third-order valence-electron chi connectivity index (χ3n) is 7.48. The summed E-state index contributed by atoms with van der Waals surface area (Å²) in [6.45, 7) is 5.28. The van der Waals surface area contributed by atoms with E-state index < -0.39 is 36.2 Å². The van der Waals surface area contributed by atoms with E-state index in [1.165, 1.54) is 37.3 Å². The molecule has 9 nitrogen and oxygen atoms in total. The molecule has 0 N–H and O–H groups in total. The van der Waals surface area contributed by atoms with Gasteiger partial charge in [-0.1, -0.05) is 18.2 Å². The summed E-state index contributed by atoms with van der Waals surface area (Å²) in [5, 5.41) is 9.98. The number of nitrogens with zero attached hydrogens (tertiary/aromatic N) is 7. The fraction of sp³-hybridized carbons (Fsp3) is 0.367. The number of piperazine rings is 1. The first kappa shape index (κ1) is 29.9. The van der Waals surface area contributed by atoms with Gasteiger partial charge in [0.25, 0.3) is 5.91 Å². The Hall–Kier alpha value is -4.57. The standard InChI is InChI=1S/C30H29F4N7O2/c1-18-14-40(28(42)29(3,4)43-16-30(32,33)34)19(2)13-39(18)26-25-22(21-7-5-6-8-23(21)31)15-41(27(25)38-17-37-26)24-11-20(12-35)9-10-36-24/h5-11,15,17-19H,13-14,16H2,1-4H3/t18-,19+/m0/s1. The van der Waals surface area contributed by atoms with Crippen molar-refractivity contribution in [3.05, 3.63) is 66.5 Å². The van der Waals surface area contributed by atoms with Crippen LogP contribution in [-0.4, -0.2) is 73.9 Å². The van der Waals surface area contributed by atoms with E-state index in [1.807, 2.05) is 11.8 Å². The summed E-state index contributed by atoms with van der Waals surface area (Å²) in [4.78, 5) is 30.4. The molecular formula is C30H29F4N7O2. The van der Waals surface area contributed by atoms with Gasteiger partial charge < -0.3 is 14.5 Å². The van der Waals surface area contributed by atoms with Crippen LogP contribution in [0.3, 0.4) is 0 Å². The number of benzene rings is 1. The number of hydrogen-bond donors (Lipinski definition) is 0. The zero-order valence-electron chi connectivity index (χ0n) is 23.9. The number of anilines is 1. The molecule has 5 rings (SSSR count). The lowest BCUT2D eigenvalue weighted by atomic mass is 10.0. The largest absolute Gasteiger partial charge is 0.411 e. The van der Waals surface area contributed by atoms with E-state index in [2.05, 4.69) is 21.0 Å². The molecular weight excluding hydrogens is 566 g/mol. The molecule has 1 saturated heterocycles. The lowest BCUT2D eigenvalue weighted by Crippen LogP contribution is -2.62. The van der Waals surface area contributed by atoms with E-state index in [-0.39, 0.29) is 12.6 Å². The Morgan fingerprint density at radius 3 is 2.51 bits per heavy atom. The average Bonchev–Trinajstić information content (AvgIpc) is 3.36. The van der Waals surface area contributed by atoms with E-state index in [9.17, 15) is 23.2 Å². The number of carbonyl (C=O) groups is 1. The quantitative estimate of drug-likeness (QED) is 0.280. The fourth-order valence-corrected chi connectivity index (χ4v) is 5.32. The van der Waals surface area contributed by atoms with Crippen LogP contribution in [0, 0.1) is 17.1 Å². The zero-order chi connectivity index (χ0) is 31.1. The van der Waals surface area contributed by atoms with Crippen LogP contribution in [0.15, 0.2) is 55.1 Å². The average molecular weight is 596 g/mol. The highest BCUT2D eigenvalue weighted by atomic mass is 19.4. The van der Waals surface area contributed by atoms with Crippen LogP contribution in [0.2, 0.25) is 0 Å². The van der Waals surface area contributed by atoms with Gasteiger partial charge in [-0.3, -0.25) is 9.36 Å². The highest BCUT2D eigenvalue weighted by molar-refractivity contribution is 6.02. The van der Waals surface area contributed by atoms with Gasteiger partial charge in [-0.05, 0) is 45.9 Å². The molecule has 13 heteroatoms. The Balaban J connectivity index is 1.57. The zero-order valence-corrected chi connectivity index (χ0v) is 23.9. The van der Waals surface area contributed by atoms with Gasteiger partial charge in [0.15, 0.2) is 5.65 Å². The summed E-state index contributed by atoms with van der Waals surface area (Å²) in [5.41, 5.74) is -0.0387. The van der Waals surface area contributed by atoms with Gasteiger partial charge in [0.05, 0.1) is 17.0 Å². The number of pyridine rings is 1. The van der Waals surface area contributed by atoms with E-state index in [0.29, 0.717) is 45.9 Å². The van der Waals surface area contributed by atoms with E-state index >= 15 is 4.39 Å². The van der Waals surface area contributed by atoms with Crippen LogP contribution < -0.4 is 4.90 Å². The third-order valence-corrected chi connectivity index (χ3v) is 7.48. The summed E-state index contributed by atoms with van der Waals surface area (Å²) in [6, 6.07) is 10.8. The first-order valence-electron chi connectivity index (χ1n) is 13.6. The van der Waals surface area contributed by atoms with Gasteiger partial charge in [0.2, 0.25) is 0 Å². The van der Waals surface area contributed by atoms with Gasteiger partial charge in [0.1, 0.15) is 36.0 Å². The number of amides is 1. The van der Waals surface area contributed by atoms with Gasteiger partial charge in [0, 0.05) is 48.7 Å². The molecule has 1 fully saturated rings. The maximum absolute atomic E-state index is 15.2. The van der Waals surface area contributed by atoms with Crippen molar-refractivity contribution in [3.8, 4) is 23.0 Å². The minimum atomic E-state index is -4.56. The number of fused-ring (bicyclic) bond motifs is 1. The molecule has 1 amide bonds. The van der Waals surface area contributed by atoms with Crippen molar-refractivity contribution < 1.29 is 27.1 Å². The molecule has 0 unspecified atom stereocenters. The van der Waals surface area contributed by atoms with Crippen LogP contribution in [0.1, 0.15) is 33.3 Å². The van der Waals surface area contributed by atoms with Crippen molar-refractivity contribution in [3.63, 3.8) is 0 Å². The number of rotatable bonds is 6. The number of hydrogen-bond acceptors (Lipinski definition) is 7. The Morgan fingerprint density at radius 1 is 1.07 bits per heavy atom. The first-order valence-corrected chi connectivity index (χ1v) is 13.6. The number of alkyl halides is 3. The maximum atomic E-state index is 15.2. The lowest BCUT2D eigenvalue weighted by Gasteiger charge is -2.46. The normalized spacial score (nSPS) is 17.7. The van der Waals surface area contributed by atoms with Gasteiger partial charge in [-0.15, -0.1) is 0 Å². The predicted octanol–water partition coefficient (Wildman–Crippen LogP) is 5.28. The van der Waals surface area contributed by atoms with Crippen molar-refractivity contribution >= 4 is 22.8 Å². The molecule has 1 aliphatic rings. The molecule has 1 aromatic carbocycles. The topological polar surface area (TPSA) is 100 Å². The van der Waals surface area contributed by atoms with Crippen molar-refractivity contribution in [1.82, 2.24) is 24.4 Å². The molecule has 0 saturated carbocycles. The van der Waals surface area contributed by atoms with Gasteiger partial charge >= 0.3 is 6.18 Å². The molecule has 0 radical (unpaired) electrons. The lowest BCUT2D eigenvalue weighted by molar-refractivity contribution is -0.205. The molecule has 0 aliphatic carbocycles. The molecule has 43 heavy (non-hydrogen) atoms. The van der Waals surface area contributed by atoms with Crippen molar-refractivity contribution in [2.75, 3.05) is 24.6 Å². The summed E-state index contributed by atoms with van der Waals surface area (Å²) in [7, 11) is 0. The first-order chi connectivity index (χ1) is 20.3. The SMILES string of the molecule is C[C@@H]1CN(c2ncnc3c2c(-c2ccccc2F)cn3-c2cc(C#N)ccn2)[C@@H](C)CN1C(=O)C(C)(C)OCC(F)(F)F. The predicted molar refractivity (Wildman–Crippen MR) is 151 cm³/mol. The number of nitriles is 1. The van der Waals surface area contributed by atoms with Crippen LogP contribution >= 0.6 is 0 Å². The summed E-state index contributed by atoms with van der Waals surface area (Å²) < 4.78 is 60.3. The molecule has 1 aliphatic heterocycles. The van der Waals surface area contributed by atoms with Gasteiger partial charge in [-0.25, -0.2) is 19.3 Å². The molecule has 0 bridgehead atoms. The number of halogens is 4. The van der Waals surface area contributed by atoms with Crippen molar-refractivity contribution in [2.24, 2.45) is 0 Å². The Morgan fingerprint density at radius 2 is 1.81 bits per heavy atom. The summed E-state index contributed by atoms with van der Waals surface area (Å²) >= 11 is 0. The second kappa shape index (κ2) is 11.3. The monoisotopic (exact) mass is 595 g/mol. The summed E-state index contributed by atoms with van der Waals surface area (Å²) in [5.74, 6) is -0.0927. The van der Waals surface area contributed by atoms with Crippen LogP contribution in [0.5, 0.6) is 0 Å². The van der Waals surface area contributed by atoms with Crippen LogP contribution in [0.4, 0.5) is 23.4 Å². The third kappa shape index (κ3) is 5.87. The Kier molecular flexibility index (Phi) is 7.83. The number of ether oxygens (including phenoxy) is 1. The molecule has 3 aromatic heterocycles. The van der Waals surface area contributed by atoms with Crippen LogP contribution in [0.25, 0.3) is 28.0 Å². The van der Waals surface area contributed by atoms with Crippen molar-refractivity contribution in [2.45, 2.75) is 51.6 Å². The minimum Gasteiger partial charge on any atom is -0.356 e. The summed E-state index contributed by atoms with van der Waals surface area (Å²) in [6.07, 6.45) is 0.0331. The molecule has 2 atom stereocenters. The smallest absolute Gasteiger partial charge is 0.356 e. The van der Waals surface area contributed by atoms with E-state index in [1.54, 1.807) is 48.0 Å². The highest BCUT2D eigenvalue weighted by Crippen LogP contribution is 2.39. The minimum absolute atomic E-state index is 0.186. The molecule has 4 aromatic rings. The van der Waals surface area contributed by atoms with Crippen molar-refractivity contribution in [1.29, 1.82) is 5.26 Å². The Bertz CT molecular complexity index is 1710. The molecule has 224 valence electrons. The second-order valence-electron chi connectivity index (χ2n) is 11.0. The number of aromatic nitrogens is 4. The van der Waals surface area contributed by atoms with Crippen LogP contribution in [-0.2, 0) is 9.53 Å². The highest BCUT2D eigenvalue weighted by Gasteiger charge is 2.42. The Labute approximate surface area is 245 Å². The van der Waals surface area contributed by atoms with E-state index in [4.69, 9.17) is 4.74 Å². The second-order valence-corrected chi connectivity index (χ2v) is 11.0.